The Labute approximate surface area is 97.7 Å². The third-order valence-corrected chi connectivity index (χ3v) is 4.25. The summed E-state index contributed by atoms with van der Waals surface area (Å²) in [5, 5.41) is 0. The molecule has 0 spiro atoms. The number of aromatic nitrogens is 1. The Morgan fingerprint density at radius 3 is 3.06 bits per heavy atom. The first kappa shape index (κ1) is 11.5. The lowest BCUT2D eigenvalue weighted by Gasteiger charge is -2.11. The molecule has 1 fully saturated rings. The summed E-state index contributed by atoms with van der Waals surface area (Å²) in [6, 6.07) is 1.71. The van der Waals surface area contributed by atoms with Crippen molar-refractivity contribution in [1.82, 2.24) is 4.98 Å². The van der Waals surface area contributed by atoms with Gasteiger partial charge in [0.25, 0.3) is 0 Å². The first-order chi connectivity index (χ1) is 7.66. The molecule has 0 bridgehead atoms. The minimum absolute atomic E-state index is 0.100. The van der Waals surface area contributed by atoms with Gasteiger partial charge in [0.2, 0.25) is 0 Å². The SMILES string of the molecule is CC1CCC(CS(=O)c2ccncc2N)O1. The molecule has 1 saturated heterocycles. The number of nitrogen functional groups attached to an aromatic ring is 1. The van der Waals surface area contributed by atoms with Gasteiger partial charge in [0.1, 0.15) is 0 Å². The fraction of sp³-hybridized carbons (Fsp3) is 0.545. The number of nitrogens with two attached hydrogens (primary N) is 1. The van der Waals surface area contributed by atoms with E-state index in [1.165, 1.54) is 6.20 Å². The first-order valence-corrected chi connectivity index (χ1v) is 6.72. The minimum atomic E-state index is -1.09. The number of rotatable bonds is 3. The van der Waals surface area contributed by atoms with Crippen molar-refractivity contribution in [3.8, 4) is 0 Å². The Balaban J connectivity index is 2.01. The number of ether oxygens (including phenoxy) is 1. The predicted octanol–water partition coefficient (Wildman–Crippen LogP) is 1.34. The third-order valence-electron chi connectivity index (χ3n) is 2.71. The number of anilines is 1. The molecule has 0 aliphatic carbocycles. The quantitative estimate of drug-likeness (QED) is 0.866. The summed E-state index contributed by atoms with van der Waals surface area (Å²) in [6.45, 7) is 2.05. The highest BCUT2D eigenvalue weighted by atomic mass is 32.2. The molecule has 5 heteroatoms. The standard InChI is InChI=1S/C11H16N2O2S/c1-8-2-3-9(15-8)7-16(14)11-4-5-13-6-10(11)12/h4-6,8-9H,2-3,7,12H2,1H3. The predicted molar refractivity (Wildman–Crippen MR) is 63.5 cm³/mol. The molecule has 16 heavy (non-hydrogen) atoms. The molecule has 88 valence electrons. The van der Waals surface area contributed by atoms with E-state index in [1.54, 1.807) is 12.3 Å². The van der Waals surface area contributed by atoms with Crippen molar-refractivity contribution in [2.45, 2.75) is 36.9 Å². The van der Waals surface area contributed by atoms with Gasteiger partial charge in [-0.05, 0) is 25.8 Å². The zero-order chi connectivity index (χ0) is 11.5. The molecule has 1 aliphatic rings. The van der Waals surface area contributed by atoms with Crippen LogP contribution in [0, 0.1) is 0 Å². The fourth-order valence-electron chi connectivity index (χ4n) is 1.87. The average molecular weight is 240 g/mol. The number of pyridine rings is 1. The van der Waals surface area contributed by atoms with Crippen molar-refractivity contribution >= 4 is 16.5 Å². The van der Waals surface area contributed by atoms with Gasteiger partial charge in [-0.1, -0.05) is 0 Å². The summed E-state index contributed by atoms with van der Waals surface area (Å²) >= 11 is 0. The second-order valence-electron chi connectivity index (χ2n) is 4.07. The molecule has 0 amide bonds. The molecular formula is C11H16N2O2S. The average Bonchev–Trinajstić information content (AvgIpc) is 2.64. The Morgan fingerprint density at radius 2 is 2.44 bits per heavy atom. The largest absolute Gasteiger partial charge is 0.396 e. The van der Waals surface area contributed by atoms with Crippen molar-refractivity contribution in [2.75, 3.05) is 11.5 Å². The Kier molecular flexibility index (Phi) is 3.56. The molecule has 2 N–H and O–H groups in total. The summed E-state index contributed by atoms with van der Waals surface area (Å²) in [6.07, 6.45) is 5.57. The van der Waals surface area contributed by atoms with Gasteiger partial charge in [0.15, 0.2) is 0 Å². The van der Waals surface area contributed by atoms with Crippen LogP contribution in [0.2, 0.25) is 0 Å². The van der Waals surface area contributed by atoms with Crippen LogP contribution < -0.4 is 5.73 Å². The van der Waals surface area contributed by atoms with Crippen molar-refractivity contribution < 1.29 is 8.95 Å². The van der Waals surface area contributed by atoms with E-state index in [0.717, 1.165) is 12.8 Å². The van der Waals surface area contributed by atoms with E-state index in [1.807, 2.05) is 6.92 Å². The van der Waals surface area contributed by atoms with Crippen LogP contribution in [0.4, 0.5) is 5.69 Å². The zero-order valence-corrected chi connectivity index (χ0v) is 10.1. The molecule has 3 unspecified atom stereocenters. The normalized spacial score (nSPS) is 26.8. The van der Waals surface area contributed by atoms with Gasteiger partial charge >= 0.3 is 0 Å². The second kappa shape index (κ2) is 4.93. The van der Waals surface area contributed by atoms with Crippen LogP contribution in [-0.2, 0) is 15.5 Å². The molecular weight excluding hydrogens is 224 g/mol. The van der Waals surface area contributed by atoms with Crippen LogP contribution >= 0.6 is 0 Å². The van der Waals surface area contributed by atoms with Crippen LogP contribution in [0.3, 0.4) is 0 Å². The highest BCUT2D eigenvalue weighted by Gasteiger charge is 2.24. The van der Waals surface area contributed by atoms with Gasteiger partial charge in [0.05, 0.1) is 45.5 Å². The molecule has 0 aromatic carbocycles. The van der Waals surface area contributed by atoms with Crippen LogP contribution in [0.1, 0.15) is 19.8 Å². The Bertz CT molecular complexity index is 397. The molecule has 0 saturated carbocycles. The van der Waals surface area contributed by atoms with Gasteiger partial charge in [-0.15, -0.1) is 0 Å². The molecule has 1 aromatic heterocycles. The third kappa shape index (κ3) is 2.59. The molecule has 4 nitrogen and oxygen atoms in total. The minimum Gasteiger partial charge on any atom is -0.396 e. The van der Waals surface area contributed by atoms with Crippen molar-refractivity contribution in [2.24, 2.45) is 0 Å². The van der Waals surface area contributed by atoms with Crippen molar-refractivity contribution in [3.63, 3.8) is 0 Å². The first-order valence-electron chi connectivity index (χ1n) is 5.40. The highest BCUT2D eigenvalue weighted by molar-refractivity contribution is 7.85. The van der Waals surface area contributed by atoms with Gasteiger partial charge < -0.3 is 10.5 Å². The van der Waals surface area contributed by atoms with Crippen LogP contribution in [0.15, 0.2) is 23.4 Å². The monoisotopic (exact) mass is 240 g/mol. The van der Waals surface area contributed by atoms with Gasteiger partial charge in [-0.25, -0.2) is 0 Å². The van der Waals surface area contributed by atoms with Crippen molar-refractivity contribution in [1.29, 1.82) is 0 Å². The van der Waals surface area contributed by atoms with Crippen LogP contribution in [0.5, 0.6) is 0 Å². The van der Waals surface area contributed by atoms with Crippen LogP contribution in [-0.4, -0.2) is 27.2 Å². The maximum Gasteiger partial charge on any atom is 0.0698 e. The maximum atomic E-state index is 12.1. The topological polar surface area (TPSA) is 65.2 Å². The molecule has 1 aromatic rings. The highest BCUT2D eigenvalue weighted by Crippen LogP contribution is 2.22. The summed E-state index contributed by atoms with van der Waals surface area (Å²) in [4.78, 5) is 4.55. The molecule has 2 rings (SSSR count). The second-order valence-corrected chi connectivity index (χ2v) is 5.54. The maximum absolute atomic E-state index is 12.1. The lowest BCUT2D eigenvalue weighted by atomic mass is 10.2. The van der Waals surface area contributed by atoms with Gasteiger partial charge in [0, 0.05) is 6.20 Å². The van der Waals surface area contributed by atoms with E-state index in [9.17, 15) is 4.21 Å². The molecule has 1 aliphatic heterocycles. The van der Waals surface area contributed by atoms with E-state index in [2.05, 4.69) is 4.98 Å². The fourth-order valence-corrected chi connectivity index (χ4v) is 3.16. The summed E-state index contributed by atoms with van der Waals surface area (Å²) in [7, 11) is -1.09. The van der Waals surface area contributed by atoms with E-state index in [-0.39, 0.29) is 12.2 Å². The van der Waals surface area contributed by atoms with E-state index >= 15 is 0 Å². The Morgan fingerprint density at radius 1 is 1.62 bits per heavy atom. The van der Waals surface area contributed by atoms with E-state index < -0.39 is 10.8 Å². The van der Waals surface area contributed by atoms with Crippen LogP contribution in [0.25, 0.3) is 0 Å². The summed E-state index contributed by atoms with van der Waals surface area (Å²) in [5.74, 6) is 0.526. The molecule has 3 atom stereocenters. The zero-order valence-electron chi connectivity index (χ0n) is 9.26. The lowest BCUT2D eigenvalue weighted by Crippen LogP contribution is -2.17. The smallest absolute Gasteiger partial charge is 0.0698 e. The number of hydrogen-bond donors (Lipinski definition) is 1. The summed E-state index contributed by atoms with van der Waals surface area (Å²) < 4.78 is 17.7. The number of hydrogen-bond acceptors (Lipinski definition) is 4. The van der Waals surface area contributed by atoms with E-state index in [0.29, 0.717) is 16.3 Å². The lowest BCUT2D eigenvalue weighted by molar-refractivity contribution is 0.0695. The van der Waals surface area contributed by atoms with E-state index in [4.69, 9.17) is 10.5 Å². The van der Waals surface area contributed by atoms with Crippen molar-refractivity contribution in [3.05, 3.63) is 18.5 Å². The molecule has 2 heterocycles. The Hall–Kier alpha value is -0.940. The van der Waals surface area contributed by atoms with Gasteiger partial charge in [-0.3, -0.25) is 9.19 Å². The van der Waals surface area contributed by atoms with Gasteiger partial charge in [-0.2, -0.15) is 0 Å². The molecule has 0 radical (unpaired) electrons. The summed E-state index contributed by atoms with van der Waals surface area (Å²) in [5.41, 5.74) is 6.22. The number of nitrogens with zero attached hydrogens (tertiary/aromatic N) is 1.